The molecule has 6 heteroatoms. The molecular formula is C14H18Cl2N2OS. The second-order valence-corrected chi connectivity index (χ2v) is 7.08. The van der Waals surface area contributed by atoms with Gasteiger partial charge in [-0.1, -0.05) is 35.7 Å². The first-order valence-corrected chi connectivity index (χ1v) is 8.54. The van der Waals surface area contributed by atoms with E-state index >= 15 is 0 Å². The van der Waals surface area contributed by atoms with Gasteiger partial charge in [-0.25, -0.2) is 0 Å². The van der Waals surface area contributed by atoms with E-state index in [-0.39, 0.29) is 12.5 Å². The summed E-state index contributed by atoms with van der Waals surface area (Å²) in [6, 6.07) is 5.15. The number of thioether (sulfide) groups is 1. The van der Waals surface area contributed by atoms with E-state index in [1.807, 2.05) is 11.8 Å². The molecule has 0 unspecified atom stereocenters. The van der Waals surface area contributed by atoms with Crippen molar-refractivity contribution in [1.82, 2.24) is 5.32 Å². The molecule has 1 aliphatic rings. The smallest absolute Gasteiger partial charge is 0.238 e. The van der Waals surface area contributed by atoms with Gasteiger partial charge in [0.1, 0.15) is 0 Å². The van der Waals surface area contributed by atoms with Crippen LogP contribution in [0.1, 0.15) is 19.3 Å². The summed E-state index contributed by atoms with van der Waals surface area (Å²) in [5.41, 5.74) is 0.478. The van der Waals surface area contributed by atoms with Gasteiger partial charge in [-0.05, 0) is 31.2 Å². The molecular weight excluding hydrogens is 315 g/mol. The highest BCUT2D eigenvalue weighted by atomic mass is 35.5. The minimum absolute atomic E-state index is 0.129. The third kappa shape index (κ3) is 3.82. The van der Waals surface area contributed by atoms with Crippen molar-refractivity contribution in [3.8, 4) is 0 Å². The maximum absolute atomic E-state index is 11.9. The summed E-state index contributed by atoms with van der Waals surface area (Å²) in [5, 5.41) is 6.86. The maximum Gasteiger partial charge on any atom is 0.238 e. The lowest BCUT2D eigenvalue weighted by Gasteiger charge is -2.40. The normalized spacial score (nSPS) is 16.6. The Morgan fingerprint density at radius 2 is 2.00 bits per heavy atom. The monoisotopic (exact) mass is 332 g/mol. The van der Waals surface area contributed by atoms with Crippen molar-refractivity contribution in [3.63, 3.8) is 0 Å². The van der Waals surface area contributed by atoms with Gasteiger partial charge in [0.15, 0.2) is 0 Å². The highest BCUT2D eigenvalue weighted by Gasteiger charge is 2.35. The zero-order valence-electron chi connectivity index (χ0n) is 11.3. The first-order chi connectivity index (χ1) is 9.56. The predicted molar refractivity (Wildman–Crippen MR) is 88.1 cm³/mol. The number of nitrogens with one attached hydrogen (secondary N) is 2. The topological polar surface area (TPSA) is 41.1 Å². The average molecular weight is 333 g/mol. The Kier molecular flexibility index (Phi) is 5.61. The van der Waals surface area contributed by atoms with E-state index in [2.05, 4.69) is 16.9 Å². The molecule has 1 amide bonds. The highest BCUT2D eigenvalue weighted by Crippen LogP contribution is 2.42. The molecule has 0 saturated heterocycles. The van der Waals surface area contributed by atoms with Crippen LogP contribution in [0.4, 0.5) is 5.69 Å². The van der Waals surface area contributed by atoms with Gasteiger partial charge in [-0.2, -0.15) is 11.8 Å². The largest absolute Gasteiger partial charge is 0.322 e. The molecule has 1 aromatic carbocycles. The Morgan fingerprint density at radius 1 is 1.35 bits per heavy atom. The van der Waals surface area contributed by atoms with Crippen LogP contribution >= 0.6 is 35.0 Å². The van der Waals surface area contributed by atoms with Crippen molar-refractivity contribution in [2.75, 3.05) is 24.7 Å². The standard InChI is InChI=1S/C14H18Cl2N2OS/c1-20-14(6-3-7-14)9-17-8-12(19)18-13-10(15)4-2-5-11(13)16/h2,4-5,17H,3,6-9H2,1H3,(H,18,19). The second kappa shape index (κ2) is 7.03. The quantitative estimate of drug-likeness (QED) is 0.832. The number of carbonyl (C=O) groups is 1. The summed E-state index contributed by atoms with van der Waals surface area (Å²) in [7, 11) is 0. The van der Waals surface area contributed by atoms with Crippen molar-refractivity contribution in [2.45, 2.75) is 24.0 Å². The molecule has 3 nitrogen and oxygen atoms in total. The van der Waals surface area contributed by atoms with Gasteiger partial charge in [0.2, 0.25) is 5.91 Å². The number of amides is 1. The minimum atomic E-state index is -0.129. The molecule has 1 saturated carbocycles. The van der Waals surface area contributed by atoms with E-state index in [9.17, 15) is 4.79 Å². The van der Waals surface area contributed by atoms with E-state index in [1.165, 1.54) is 19.3 Å². The van der Waals surface area contributed by atoms with Crippen molar-refractivity contribution in [2.24, 2.45) is 0 Å². The molecule has 0 spiro atoms. The van der Waals surface area contributed by atoms with Crippen LogP contribution in [0.5, 0.6) is 0 Å². The number of carbonyl (C=O) groups excluding carboxylic acids is 1. The molecule has 0 heterocycles. The summed E-state index contributed by atoms with van der Waals surface area (Å²) >= 11 is 13.9. The average Bonchev–Trinajstić information content (AvgIpc) is 2.37. The molecule has 20 heavy (non-hydrogen) atoms. The van der Waals surface area contributed by atoms with Gasteiger partial charge in [0, 0.05) is 11.3 Å². The lowest BCUT2D eigenvalue weighted by atomic mass is 9.84. The third-order valence-corrected chi connectivity index (χ3v) is 5.71. The summed E-state index contributed by atoms with van der Waals surface area (Å²) < 4.78 is 0.322. The zero-order valence-corrected chi connectivity index (χ0v) is 13.7. The van der Waals surface area contributed by atoms with E-state index < -0.39 is 0 Å². The van der Waals surface area contributed by atoms with E-state index in [0.717, 1.165) is 6.54 Å². The zero-order chi connectivity index (χ0) is 14.6. The summed E-state index contributed by atoms with van der Waals surface area (Å²) in [4.78, 5) is 11.9. The lowest BCUT2D eigenvalue weighted by Crippen LogP contribution is -2.45. The van der Waals surface area contributed by atoms with Crippen molar-refractivity contribution >= 4 is 46.6 Å². The van der Waals surface area contributed by atoms with Gasteiger partial charge in [-0.15, -0.1) is 0 Å². The fourth-order valence-electron chi connectivity index (χ4n) is 2.23. The van der Waals surface area contributed by atoms with Gasteiger partial charge >= 0.3 is 0 Å². The number of hydrogen-bond acceptors (Lipinski definition) is 3. The van der Waals surface area contributed by atoms with Crippen LogP contribution in [-0.4, -0.2) is 30.0 Å². The van der Waals surface area contributed by atoms with Gasteiger partial charge < -0.3 is 10.6 Å². The fraction of sp³-hybridized carbons (Fsp3) is 0.500. The molecule has 0 aromatic heterocycles. The third-order valence-electron chi connectivity index (χ3n) is 3.66. The number of hydrogen-bond donors (Lipinski definition) is 2. The first-order valence-electron chi connectivity index (χ1n) is 6.56. The second-order valence-electron chi connectivity index (χ2n) is 4.99. The minimum Gasteiger partial charge on any atom is -0.322 e. The van der Waals surface area contributed by atoms with Crippen molar-refractivity contribution < 1.29 is 4.79 Å². The summed E-state index contributed by atoms with van der Waals surface area (Å²) in [5.74, 6) is -0.129. The van der Waals surface area contributed by atoms with Crippen molar-refractivity contribution in [1.29, 1.82) is 0 Å². The van der Waals surface area contributed by atoms with E-state index in [0.29, 0.717) is 20.5 Å². The van der Waals surface area contributed by atoms with Crippen LogP contribution in [0.2, 0.25) is 10.0 Å². The SMILES string of the molecule is CSC1(CNCC(=O)Nc2c(Cl)cccc2Cl)CCC1. The molecule has 0 atom stereocenters. The Morgan fingerprint density at radius 3 is 2.50 bits per heavy atom. The Balaban J connectivity index is 1.81. The molecule has 0 bridgehead atoms. The maximum atomic E-state index is 11.9. The molecule has 1 aromatic rings. The molecule has 0 radical (unpaired) electrons. The van der Waals surface area contributed by atoms with Crippen LogP contribution in [0.15, 0.2) is 18.2 Å². The fourth-order valence-corrected chi connectivity index (χ4v) is 3.66. The van der Waals surface area contributed by atoms with Crippen LogP contribution in [-0.2, 0) is 4.79 Å². The molecule has 2 rings (SSSR count). The molecule has 2 N–H and O–H groups in total. The van der Waals surface area contributed by atoms with Gasteiger partial charge in [0.25, 0.3) is 0 Å². The number of halogens is 2. The van der Waals surface area contributed by atoms with E-state index in [4.69, 9.17) is 23.2 Å². The Labute approximate surface area is 133 Å². The van der Waals surface area contributed by atoms with E-state index in [1.54, 1.807) is 18.2 Å². The van der Waals surface area contributed by atoms with Crippen molar-refractivity contribution in [3.05, 3.63) is 28.2 Å². The number of benzene rings is 1. The molecule has 0 aliphatic heterocycles. The Hall–Kier alpha value is -0.420. The van der Waals surface area contributed by atoms with Crippen LogP contribution in [0, 0.1) is 0 Å². The predicted octanol–water partition coefficient (Wildman–Crippen LogP) is 3.81. The molecule has 1 aliphatic carbocycles. The van der Waals surface area contributed by atoms with Gasteiger partial charge in [0.05, 0.1) is 22.3 Å². The van der Waals surface area contributed by atoms with Crippen LogP contribution in [0.3, 0.4) is 0 Å². The van der Waals surface area contributed by atoms with Crippen LogP contribution in [0.25, 0.3) is 0 Å². The molecule has 110 valence electrons. The summed E-state index contributed by atoms with van der Waals surface area (Å²) in [6.07, 6.45) is 5.85. The lowest BCUT2D eigenvalue weighted by molar-refractivity contribution is -0.115. The number of rotatable bonds is 6. The number of para-hydroxylation sites is 1. The first kappa shape index (κ1) is 16.0. The Bertz CT molecular complexity index is 466. The van der Waals surface area contributed by atoms with Gasteiger partial charge in [-0.3, -0.25) is 4.79 Å². The number of anilines is 1. The molecule has 1 fully saturated rings. The highest BCUT2D eigenvalue weighted by molar-refractivity contribution is 8.00. The summed E-state index contributed by atoms with van der Waals surface area (Å²) in [6.45, 7) is 1.13. The van der Waals surface area contributed by atoms with Crippen LogP contribution < -0.4 is 10.6 Å².